The Morgan fingerprint density at radius 2 is 1.58 bits per heavy atom. The van der Waals surface area contributed by atoms with Gasteiger partial charge in [0.2, 0.25) is 5.91 Å². The second kappa shape index (κ2) is 8.14. The molecule has 160 valence electrons. The Morgan fingerprint density at radius 1 is 0.935 bits per heavy atom. The first-order valence-electron chi connectivity index (χ1n) is 10.0. The van der Waals surface area contributed by atoms with Crippen molar-refractivity contribution in [3.63, 3.8) is 0 Å². The van der Waals surface area contributed by atoms with Crippen molar-refractivity contribution in [3.05, 3.63) is 53.7 Å². The Labute approximate surface area is 179 Å². The van der Waals surface area contributed by atoms with Crippen LogP contribution in [0.25, 0.3) is 5.57 Å². The molecule has 3 amide bonds. The Balaban J connectivity index is 1.72. The third kappa shape index (κ3) is 3.96. The highest BCUT2D eigenvalue weighted by atomic mass is 16.6. The van der Waals surface area contributed by atoms with Gasteiger partial charge >= 0.3 is 0 Å². The monoisotopic (exact) mass is 421 g/mol. The van der Waals surface area contributed by atoms with Crippen LogP contribution in [0.5, 0.6) is 11.5 Å². The van der Waals surface area contributed by atoms with Gasteiger partial charge in [-0.05, 0) is 43.7 Å². The van der Waals surface area contributed by atoms with Crippen molar-refractivity contribution in [2.24, 2.45) is 0 Å². The standard InChI is InChI=1S/C23H23N3O5/c1-13(2)26-22(28)20(15-4-6-16(7-5-15)24-14(3)27)21(23(26)29)25-17-8-9-18-19(12-17)31-11-10-30-18/h4-9,12-13,25H,10-11H2,1-3H3,(H,24,27). The number of hydrogen-bond donors (Lipinski definition) is 2. The van der Waals surface area contributed by atoms with Crippen LogP contribution in [0.4, 0.5) is 11.4 Å². The van der Waals surface area contributed by atoms with Crippen molar-refractivity contribution in [2.45, 2.75) is 26.8 Å². The fourth-order valence-corrected chi connectivity index (χ4v) is 3.59. The van der Waals surface area contributed by atoms with Gasteiger partial charge in [-0.15, -0.1) is 0 Å². The molecule has 0 fully saturated rings. The van der Waals surface area contributed by atoms with Crippen LogP contribution in [-0.2, 0) is 14.4 Å². The smallest absolute Gasteiger partial charge is 0.278 e. The summed E-state index contributed by atoms with van der Waals surface area (Å²) in [5.74, 6) is 0.266. The van der Waals surface area contributed by atoms with Gasteiger partial charge in [-0.1, -0.05) is 12.1 Å². The van der Waals surface area contributed by atoms with E-state index in [9.17, 15) is 14.4 Å². The molecule has 2 aromatic carbocycles. The Morgan fingerprint density at radius 3 is 2.23 bits per heavy atom. The maximum atomic E-state index is 13.1. The van der Waals surface area contributed by atoms with Crippen molar-refractivity contribution in [1.29, 1.82) is 0 Å². The lowest BCUT2D eigenvalue weighted by Crippen LogP contribution is -2.38. The van der Waals surface area contributed by atoms with E-state index in [1.54, 1.807) is 56.3 Å². The van der Waals surface area contributed by atoms with Gasteiger partial charge in [-0.2, -0.15) is 0 Å². The maximum Gasteiger partial charge on any atom is 0.278 e. The van der Waals surface area contributed by atoms with Crippen LogP contribution in [0, 0.1) is 0 Å². The van der Waals surface area contributed by atoms with E-state index >= 15 is 0 Å². The van der Waals surface area contributed by atoms with E-state index in [1.165, 1.54) is 11.8 Å². The quantitative estimate of drug-likeness (QED) is 0.721. The third-order valence-corrected chi connectivity index (χ3v) is 4.94. The molecule has 2 aliphatic heterocycles. The van der Waals surface area contributed by atoms with Crippen molar-refractivity contribution in [2.75, 3.05) is 23.8 Å². The molecular formula is C23H23N3O5. The molecular weight excluding hydrogens is 398 g/mol. The number of fused-ring (bicyclic) bond motifs is 1. The molecule has 31 heavy (non-hydrogen) atoms. The summed E-state index contributed by atoms with van der Waals surface area (Å²) in [5, 5.41) is 5.80. The lowest BCUT2D eigenvalue weighted by molar-refractivity contribution is -0.138. The van der Waals surface area contributed by atoms with Gasteiger partial charge in [-0.3, -0.25) is 19.3 Å². The number of benzene rings is 2. The molecule has 2 aromatic rings. The first-order chi connectivity index (χ1) is 14.8. The molecule has 2 aliphatic rings. The first-order valence-corrected chi connectivity index (χ1v) is 10.0. The van der Waals surface area contributed by atoms with E-state index in [4.69, 9.17) is 9.47 Å². The van der Waals surface area contributed by atoms with E-state index in [0.717, 1.165) is 0 Å². The average molecular weight is 421 g/mol. The van der Waals surface area contributed by atoms with Crippen molar-refractivity contribution >= 4 is 34.7 Å². The number of carbonyl (C=O) groups is 3. The minimum absolute atomic E-state index is 0.189. The number of imide groups is 1. The van der Waals surface area contributed by atoms with Gasteiger partial charge in [-0.25, -0.2) is 0 Å². The topological polar surface area (TPSA) is 97.0 Å². The SMILES string of the molecule is CC(=O)Nc1ccc(C2=C(Nc3ccc4c(c3)OCCO4)C(=O)N(C(C)C)C2=O)cc1. The zero-order valence-electron chi connectivity index (χ0n) is 17.5. The Kier molecular flexibility index (Phi) is 5.37. The summed E-state index contributed by atoms with van der Waals surface area (Å²) in [7, 11) is 0. The number of nitrogens with one attached hydrogen (secondary N) is 2. The van der Waals surface area contributed by atoms with Gasteiger partial charge in [0.15, 0.2) is 11.5 Å². The number of rotatable bonds is 5. The molecule has 0 spiro atoms. The second-order valence-corrected chi connectivity index (χ2v) is 7.57. The van der Waals surface area contributed by atoms with Crippen LogP contribution in [0.3, 0.4) is 0 Å². The average Bonchev–Trinajstić information content (AvgIpc) is 2.98. The normalized spacial score (nSPS) is 15.5. The van der Waals surface area contributed by atoms with Crippen LogP contribution < -0.4 is 20.1 Å². The second-order valence-electron chi connectivity index (χ2n) is 7.57. The molecule has 2 N–H and O–H groups in total. The van der Waals surface area contributed by atoms with Gasteiger partial charge in [0.05, 0.1) is 5.57 Å². The third-order valence-electron chi connectivity index (χ3n) is 4.94. The lowest BCUT2D eigenvalue weighted by Gasteiger charge is -2.20. The van der Waals surface area contributed by atoms with Gasteiger partial charge in [0.25, 0.3) is 11.8 Å². The number of amides is 3. The van der Waals surface area contributed by atoms with Crippen LogP contribution >= 0.6 is 0 Å². The van der Waals surface area contributed by atoms with Gasteiger partial charge in [0, 0.05) is 30.4 Å². The summed E-state index contributed by atoms with van der Waals surface area (Å²) in [6.07, 6.45) is 0. The number of hydrogen-bond acceptors (Lipinski definition) is 6. The molecule has 8 nitrogen and oxygen atoms in total. The van der Waals surface area contributed by atoms with E-state index in [1.807, 2.05) is 0 Å². The minimum atomic E-state index is -0.393. The zero-order chi connectivity index (χ0) is 22.1. The molecule has 0 radical (unpaired) electrons. The summed E-state index contributed by atoms with van der Waals surface area (Å²) in [5.41, 5.74) is 2.27. The number of nitrogens with zero attached hydrogens (tertiary/aromatic N) is 1. The predicted octanol–water partition coefficient (Wildman–Crippen LogP) is 3.02. The zero-order valence-corrected chi connectivity index (χ0v) is 17.5. The highest BCUT2D eigenvalue weighted by Crippen LogP contribution is 2.36. The number of carbonyl (C=O) groups excluding carboxylic acids is 3. The fraction of sp³-hybridized carbons (Fsp3) is 0.261. The summed E-state index contributed by atoms with van der Waals surface area (Å²) >= 11 is 0. The highest BCUT2D eigenvalue weighted by Gasteiger charge is 2.40. The Hall–Kier alpha value is -3.81. The number of ether oxygens (including phenoxy) is 2. The van der Waals surface area contributed by atoms with E-state index < -0.39 is 5.91 Å². The maximum absolute atomic E-state index is 13.1. The van der Waals surface area contributed by atoms with E-state index in [-0.39, 0.29) is 29.1 Å². The molecule has 8 heteroatoms. The van der Waals surface area contributed by atoms with Gasteiger partial charge < -0.3 is 20.1 Å². The molecule has 0 atom stereocenters. The Bertz CT molecular complexity index is 1090. The molecule has 0 unspecified atom stereocenters. The molecule has 0 saturated carbocycles. The van der Waals surface area contributed by atoms with Crippen molar-refractivity contribution < 1.29 is 23.9 Å². The summed E-state index contributed by atoms with van der Waals surface area (Å²) in [6.45, 7) is 5.94. The van der Waals surface area contributed by atoms with Gasteiger partial charge in [0.1, 0.15) is 18.9 Å². The van der Waals surface area contributed by atoms with Crippen LogP contribution in [-0.4, -0.2) is 41.9 Å². The highest BCUT2D eigenvalue weighted by molar-refractivity contribution is 6.36. The van der Waals surface area contributed by atoms with Crippen LogP contribution in [0.15, 0.2) is 48.2 Å². The predicted molar refractivity (Wildman–Crippen MR) is 116 cm³/mol. The summed E-state index contributed by atoms with van der Waals surface area (Å²) < 4.78 is 11.2. The minimum Gasteiger partial charge on any atom is -0.486 e. The molecule has 0 bridgehead atoms. The summed E-state index contributed by atoms with van der Waals surface area (Å²) in [6, 6.07) is 11.8. The molecule has 2 heterocycles. The molecule has 4 rings (SSSR count). The van der Waals surface area contributed by atoms with E-state index in [2.05, 4.69) is 10.6 Å². The van der Waals surface area contributed by atoms with Crippen molar-refractivity contribution in [3.8, 4) is 11.5 Å². The lowest BCUT2D eigenvalue weighted by atomic mass is 10.0. The summed E-state index contributed by atoms with van der Waals surface area (Å²) in [4.78, 5) is 38.8. The molecule has 0 saturated heterocycles. The largest absolute Gasteiger partial charge is 0.486 e. The molecule has 0 aromatic heterocycles. The van der Waals surface area contributed by atoms with Crippen LogP contribution in [0.2, 0.25) is 0 Å². The van der Waals surface area contributed by atoms with Crippen molar-refractivity contribution in [1.82, 2.24) is 4.90 Å². The van der Waals surface area contributed by atoms with Crippen LogP contribution in [0.1, 0.15) is 26.3 Å². The first kappa shape index (κ1) is 20.5. The number of anilines is 2. The van der Waals surface area contributed by atoms with E-state index in [0.29, 0.717) is 41.7 Å². The fourth-order valence-electron chi connectivity index (χ4n) is 3.59. The molecule has 0 aliphatic carbocycles.